The summed E-state index contributed by atoms with van der Waals surface area (Å²) in [6.07, 6.45) is 0. The summed E-state index contributed by atoms with van der Waals surface area (Å²) >= 11 is 0. The lowest BCUT2D eigenvalue weighted by Crippen LogP contribution is -2.03. The number of aromatic nitrogens is 6. The van der Waals surface area contributed by atoms with Crippen LogP contribution in [-0.2, 0) is 13.1 Å². The Morgan fingerprint density at radius 3 is 0.865 bits per heavy atom. The Balaban J connectivity index is 1.00. The van der Waals surface area contributed by atoms with Crippen LogP contribution in [0, 0.1) is 0 Å². The first-order valence-corrected chi connectivity index (χ1v) is 16.3. The van der Waals surface area contributed by atoms with Crippen LogP contribution >= 0.6 is 0 Å². The number of hydrogen-bond donors (Lipinski definition) is 4. The number of anilines is 8. The maximum Gasteiger partial charge on any atom is 0.275 e. The van der Waals surface area contributed by atoms with Gasteiger partial charge in [0.25, 0.3) is 11.9 Å². The third-order valence-corrected chi connectivity index (χ3v) is 7.22. The monoisotopic (exact) mass is 684 g/mol. The van der Waals surface area contributed by atoms with Crippen molar-refractivity contribution < 1.29 is 0 Å². The molecule has 0 radical (unpaired) electrons. The van der Waals surface area contributed by atoms with Crippen molar-refractivity contribution in [1.82, 2.24) is 29.9 Å². The standard InChI is InChI=1S/C38H32N14/c1-5-13-29(14-6-1)41-33-45-34(42-30-15-7-2-8-16-30)48-37(47-33)51-39-25-27-21-23-28(24-22-27)26-40-52-38-49-35(43-31-17-9-3-10-18-31)46-36(50-38)44-32-19-11-4-12-20-32/h1-24H,25-26H2,(H2,41,42,45,47,48)(H2,43,44,46,49,50). The lowest BCUT2D eigenvalue weighted by molar-refractivity contribution is 0.904. The number of rotatable bonds is 14. The van der Waals surface area contributed by atoms with Crippen molar-refractivity contribution in [3.05, 3.63) is 157 Å². The van der Waals surface area contributed by atoms with Crippen LogP contribution in [0.1, 0.15) is 11.1 Å². The SMILES string of the molecule is c1ccc(Nc2nc(N=NCc3ccc(CN=Nc4nc(Nc5ccccc5)nc(Nc5ccccc5)n4)cc3)nc(Nc3ccccc3)n2)cc1. The van der Waals surface area contributed by atoms with Gasteiger partial charge in [0.2, 0.25) is 23.8 Å². The first-order valence-electron chi connectivity index (χ1n) is 16.3. The Labute approximate surface area is 299 Å². The molecule has 0 aliphatic carbocycles. The minimum absolute atomic E-state index is 0.173. The highest BCUT2D eigenvalue weighted by molar-refractivity contribution is 5.60. The molecule has 0 saturated heterocycles. The number of hydrogen-bond acceptors (Lipinski definition) is 14. The Morgan fingerprint density at radius 1 is 0.327 bits per heavy atom. The van der Waals surface area contributed by atoms with Crippen molar-refractivity contribution in [2.75, 3.05) is 21.3 Å². The summed E-state index contributed by atoms with van der Waals surface area (Å²) in [5.41, 5.74) is 5.26. The third kappa shape index (κ3) is 9.79. The zero-order valence-electron chi connectivity index (χ0n) is 27.7. The number of para-hydroxylation sites is 4. The van der Waals surface area contributed by atoms with E-state index in [9.17, 15) is 0 Å². The van der Waals surface area contributed by atoms with Crippen LogP contribution in [0.3, 0.4) is 0 Å². The van der Waals surface area contributed by atoms with Crippen molar-refractivity contribution in [3.63, 3.8) is 0 Å². The van der Waals surface area contributed by atoms with Gasteiger partial charge in [0, 0.05) is 22.7 Å². The fourth-order valence-corrected chi connectivity index (χ4v) is 4.76. The maximum atomic E-state index is 4.51. The van der Waals surface area contributed by atoms with E-state index >= 15 is 0 Å². The van der Waals surface area contributed by atoms with Gasteiger partial charge in [-0.3, -0.25) is 0 Å². The molecule has 4 N–H and O–H groups in total. The summed E-state index contributed by atoms with van der Waals surface area (Å²) in [4.78, 5) is 26.8. The highest BCUT2D eigenvalue weighted by Crippen LogP contribution is 2.22. The Hall–Kier alpha value is -7.48. The first-order chi connectivity index (χ1) is 25.7. The van der Waals surface area contributed by atoms with E-state index in [0.29, 0.717) is 36.9 Å². The van der Waals surface area contributed by atoms with Crippen molar-refractivity contribution in [2.24, 2.45) is 20.5 Å². The molecule has 0 unspecified atom stereocenters. The summed E-state index contributed by atoms with van der Waals surface area (Å²) in [7, 11) is 0. The van der Waals surface area contributed by atoms with E-state index in [4.69, 9.17) is 0 Å². The van der Waals surface area contributed by atoms with Gasteiger partial charge in [-0.05, 0) is 59.7 Å². The van der Waals surface area contributed by atoms with Gasteiger partial charge in [0.1, 0.15) is 0 Å². The fraction of sp³-hybridized carbons (Fsp3) is 0.0526. The van der Waals surface area contributed by atoms with Gasteiger partial charge in [-0.2, -0.15) is 40.1 Å². The Bertz CT molecular complexity index is 1950. The van der Waals surface area contributed by atoms with Gasteiger partial charge < -0.3 is 21.3 Å². The predicted molar refractivity (Wildman–Crippen MR) is 201 cm³/mol. The largest absolute Gasteiger partial charge is 0.324 e. The van der Waals surface area contributed by atoms with Crippen LogP contribution in [-0.4, -0.2) is 29.9 Å². The van der Waals surface area contributed by atoms with E-state index in [2.05, 4.69) is 71.6 Å². The zero-order valence-corrected chi connectivity index (χ0v) is 27.7. The van der Waals surface area contributed by atoms with E-state index in [1.807, 2.05) is 146 Å². The van der Waals surface area contributed by atoms with Crippen molar-refractivity contribution in [1.29, 1.82) is 0 Å². The molecule has 7 rings (SSSR count). The Kier molecular flexibility index (Phi) is 10.6. The summed E-state index contributed by atoms with van der Waals surface area (Å²) in [6, 6.07) is 46.5. The molecule has 5 aromatic carbocycles. The van der Waals surface area contributed by atoms with Gasteiger partial charge >= 0.3 is 0 Å². The van der Waals surface area contributed by atoms with Crippen molar-refractivity contribution in [3.8, 4) is 0 Å². The molecular weight excluding hydrogens is 653 g/mol. The second-order valence-electron chi connectivity index (χ2n) is 11.1. The summed E-state index contributed by atoms with van der Waals surface area (Å²) in [5.74, 6) is 1.72. The molecule has 2 heterocycles. The van der Waals surface area contributed by atoms with Gasteiger partial charge in [-0.1, -0.05) is 97.1 Å². The average Bonchev–Trinajstić information content (AvgIpc) is 3.17. The minimum Gasteiger partial charge on any atom is -0.324 e. The number of nitrogens with zero attached hydrogens (tertiary/aromatic N) is 10. The normalized spacial score (nSPS) is 11.1. The highest BCUT2D eigenvalue weighted by atomic mass is 15.3. The van der Waals surface area contributed by atoms with E-state index in [-0.39, 0.29) is 11.9 Å². The van der Waals surface area contributed by atoms with E-state index in [1.54, 1.807) is 0 Å². The molecule has 0 bridgehead atoms. The molecule has 7 aromatic rings. The minimum atomic E-state index is 0.173. The van der Waals surface area contributed by atoms with Crippen LogP contribution in [0.2, 0.25) is 0 Å². The molecule has 52 heavy (non-hydrogen) atoms. The van der Waals surface area contributed by atoms with E-state index in [0.717, 1.165) is 33.9 Å². The molecule has 0 atom stereocenters. The molecule has 14 nitrogen and oxygen atoms in total. The lowest BCUT2D eigenvalue weighted by Gasteiger charge is -2.08. The first kappa shape index (κ1) is 33.0. The smallest absolute Gasteiger partial charge is 0.275 e. The lowest BCUT2D eigenvalue weighted by atomic mass is 10.1. The van der Waals surface area contributed by atoms with Gasteiger partial charge in [0.15, 0.2) is 0 Å². The number of azo groups is 2. The van der Waals surface area contributed by atoms with Gasteiger partial charge in [-0.25, -0.2) is 0 Å². The second-order valence-corrected chi connectivity index (χ2v) is 11.1. The molecule has 14 heteroatoms. The van der Waals surface area contributed by atoms with Crippen molar-refractivity contribution >= 4 is 58.4 Å². The van der Waals surface area contributed by atoms with E-state index < -0.39 is 0 Å². The average molecular weight is 685 g/mol. The molecule has 0 fully saturated rings. The topological polar surface area (TPSA) is 175 Å². The molecule has 0 amide bonds. The van der Waals surface area contributed by atoms with Crippen molar-refractivity contribution in [2.45, 2.75) is 13.1 Å². The third-order valence-electron chi connectivity index (χ3n) is 7.22. The van der Waals surface area contributed by atoms with Gasteiger partial charge in [-0.15, -0.1) is 10.2 Å². The zero-order chi connectivity index (χ0) is 35.2. The quantitative estimate of drug-likeness (QED) is 0.0807. The molecule has 0 aliphatic rings. The second kappa shape index (κ2) is 16.8. The number of nitrogens with one attached hydrogen (secondary N) is 4. The summed E-state index contributed by atoms with van der Waals surface area (Å²) < 4.78 is 0. The molecule has 0 aliphatic heterocycles. The van der Waals surface area contributed by atoms with Crippen LogP contribution in [0.15, 0.2) is 166 Å². The van der Waals surface area contributed by atoms with Crippen LogP contribution in [0.4, 0.5) is 58.4 Å². The van der Waals surface area contributed by atoms with Crippen LogP contribution < -0.4 is 21.3 Å². The van der Waals surface area contributed by atoms with E-state index in [1.165, 1.54) is 0 Å². The fourth-order valence-electron chi connectivity index (χ4n) is 4.76. The number of benzene rings is 5. The molecule has 0 spiro atoms. The van der Waals surface area contributed by atoms with Crippen LogP contribution in [0.5, 0.6) is 0 Å². The predicted octanol–water partition coefficient (Wildman–Crippen LogP) is 9.60. The van der Waals surface area contributed by atoms with Crippen LogP contribution in [0.25, 0.3) is 0 Å². The Morgan fingerprint density at radius 2 is 0.596 bits per heavy atom. The highest BCUT2D eigenvalue weighted by Gasteiger charge is 2.09. The van der Waals surface area contributed by atoms with Gasteiger partial charge in [0.05, 0.1) is 13.1 Å². The molecule has 254 valence electrons. The summed E-state index contributed by atoms with van der Waals surface area (Å²) in [6.45, 7) is 0.658. The molecule has 0 saturated carbocycles. The maximum absolute atomic E-state index is 4.51. The molecular formula is C38H32N14. The summed E-state index contributed by atoms with van der Waals surface area (Å²) in [5, 5.41) is 30.1. The molecule has 2 aromatic heterocycles.